The molecule has 0 N–H and O–H groups in total. The van der Waals surface area contributed by atoms with Crippen LogP contribution < -0.4 is 9.30 Å². The van der Waals surface area contributed by atoms with Gasteiger partial charge in [0.15, 0.2) is 12.7 Å². The Morgan fingerprint density at radius 1 is 0.824 bits per heavy atom. The quantitative estimate of drug-likeness (QED) is 0.232. The first-order chi connectivity index (χ1) is 16.8. The molecule has 3 nitrogen and oxygen atoms in total. The van der Waals surface area contributed by atoms with Crippen LogP contribution in [0.4, 0.5) is 0 Å². The number of aromatic nitrogens is 2. The number of fused-ring (bicyclic) bond motifs is 3. The first-order valence-electron chi connectivity index (χ1n) is 12.1. The molecule has 0 fully saturated rings. The number of pyridine rings is 1. The van der Waals surface area contributed by atoms with Crippen molar-refractivity contribution >= 4 is 34.0 Å². The van der Waals surface area contributed by atoms with Crippen molar-refractivity contribution < 1.29 is 9.30 Å². The third kappa shape index (κ3) is 4.34. The van der Waals surface area contributed by atoms with E-state index in [1.807, 2.05) is 12.1 Å². The predicted molar refractivity (Wildman–Crippen MR) is 142 cm³/mol. The molecule has 5 rings (SSSR count). The van der Waals surface area contributed by atoms with Gasteiger partial charge >= 0.3 is 0 Å². The predicted octanol–water partition coefficient (Wildman–Crippen LogP) is 7.11. The van der Waals surface area contributed by atoms with Crippen molar-refractivity contribution in [2.45, 2.75) is 32.9 Å². The maximum absolute atomic E-state index is 5.33. The van der Waals surface area contributed by atoms with Gasteiger partial charge in [-0.2, -0.15) is 4.57 Å². The van der Waals surface area contributed by atoms with Gasteiger partial charge in [0.25, 0.3) is 0 Å². The SMILES string of the molecule is CCCCn1c2ccccc2c2cc[n+](Cc3ccccc3)c(/C=C/c3ccc(OC)cc3)c21. The number of para-hydroxylation sites is 1. The number of hydrogen-bond donors (Lipinski definition) is 0. The normalized spacial score (nSPS) is 11.6. The molecule has 2 heterocycles. The average Bonchev–Trinajstić information content (AvgIpc) is 3.21. The Kier molecular flexibility index (Phi) is 6.44. The second-order valence-corrected chi connectivity index (χ2v) is 8.71. The summed E-state index contributed by atoms with van der Waals surface area (Å²) in [4.78, 5) is 0. The summed E-state index contributed by atoms with van der Waals surface area (Å²) in [5, 5.41) is 2.63. The molecule has 0 amide bonds. The number of unbranched alkanes of at least 4 members (excludes halogenated alkanes) is 1. The highest BCUT2D eigenvalue weighted by molar-refractivity contribution is 6.09. The first kappa shape index (κ1) is 22.0. The number of ether oxygens (including phenoxy) is 1. The van der Waals surface area contributed by atoms with Gasteiger partial charge in [-0.15, -0.1) is 0 Å². The van der Waals surface area contributed by atoms with Gasteiger partial charge < -0.3 is 9.30 Å². The molecule has 0 atom stereocenters. The van der Waals surface area contributed by atoms with Crippen molar-refractivity contribution in [2.75, 3.05) is 7.11 Å². The van der Waals surface area contributed by atoms with E-state index in [1.54, 1.807) is 7.11 Å². The Morgan fingerprint density at radius 2 is 1.59 bits per heavy atom. The van der Waals surface area contributed by atoms with Crippen LogP contribution in [0.3, 0.4) is 0 Å². The van der Waals surface area contributed by atoms with Gasteiger partial charge in [0.1, 0.15) is 11.3 Å². The van der Waals surface area contributed by atoms with E-state index in [0.29, 0.717) is 0 Å². The van der Waals surface area contributed by atoms with E-state index >= 15 is 0 Å². The van der Waals surface area contributed by atoms with Gasteiger partial charge in [-0.3, -0.25) is 0 Å². The molecular weight excluding hydrogens is 416 g/mol. The monoisotopic (exact) mass is 447 g/mol. The zero-order valence-electron chi connectivity index (χ0n) is 19.9. The molecule has 0 bridgehead atoms. The molecule has 0 aliphatic heterocycles. The molecular formula is C31H31N2O+. The molecule has 34 heavy (non-hydrogen) atoms. The number of hydrogen-bond acceptors (Lipinski definition) is 1. The molecule has 0 unspecified atom stereocenters. The molecule has 5 aromatic rings. The van der Waals surface area contributed by atoms with E-state index in [9.17, 15) is 0 Å². The molecule has 0 spiro atoms. The number of rotatable bonds is 8. The minimum Gasteiger partial charge on any atom is -0.497 e. The fourth-order valence-electron chi connectivity index (χ4n) is 4.69. The van der Waals surface area contributed by atoms with Crippen molar-refractivity contribution in [3.8, 4) is 5.75 Å². The highest BCUT2D eigenvalue weighted by Crippen LogP contribution is 2.31. The van der Waals surface area contributed by atoms with Crippen LogP contribution in [-0.4, -0.2) is 11.7 Å². The Balaban J connectivity index is 1.71. The molecule has 3 aromatic carbocycles. The Bertz CT molecular complexity index is 1430. The smallest absolute Gasteiger partial charge is 0.230 e. The molecule has 170 valence electrons. The van der Waals surface area contributed by atoms with Crippen LogP contribution in [0.5, 0.6) is 5.75 Å². The van der Waals surface area contributed by atoms with Gasteiger partial charge in [0.2, 0.25) is 5.69 Å². The van der Waals surface area contributed by atoms with Gasteiger partial charge in [-0.1, -0.05) is 74.0 Å². The fraction of sp³-hybridized carbons (Fsp3) is 0.194. The summed E-state index contributed by atoms with van der Waals surface area (Å²) in [6.07, 6.45) is 9.04. The van der Waals surface area contributed by atoms with Crippen molar-refractivity contribution in [1.82, 2.24) is 4.57 Å². The molecule has 0 aliphatic rings. The van der Waals surface area contributed by atoms with E-state index < -0.39 is 0 Å². The molecule has 0 aliphatic carbocycles. The van der Waals surface area contributed by atoms with Gasteiger partial charge in [0.05, 0.1) is 7.11 Å². The second-order valence-electron chi connectivity index (χ2n) is 8.71. The van der Waals surface area contributed by atoms with Gasteiger partial charge in [-0.05, 0) is 36.3 Å². The second kappa shape index (κ2) is 9.96. The highest BCUT2D eigenvalue weighted by Gasteiger charge is 2.20. The van der Waals surface area contributed by atoms with Crippen LogP contribution >= 0.6 is 0 Å². The maximum Gasteiger partial charge on any atom is 0.230 e. The van der Waals surface area contributed by atoms with Crippen molar-refractivity contribution in [3.05, 3.63) is 108 Å². The van der Waals surface area contributed by atoms with Crippen LogP contribution in [0, 0.1) is 0 Å². The Morgan fingerprint density at radius 3 is 2.35 bits per heavy atom. The van der Waals surface area contributed by atoms with Crippen LogP contribution in [0.1, 0.15) is 36.6 Å². The lowest BCUT2D eigenvalue weighted by atomic mass is 10.1. The fourth-order valence-corrected chi connectivity index (χ4v) is 4.69. The van der Waals surface area contributed by atoms with Crippen molar-refractivity contribution in [2.24, 2.45) is 0 Å². The molecule has 3 heteroatoms. The third-order valence-electron chi connectivity index (χ3n) is 6.46. The minimum absolute atomic E-state index is 0.828. The van der Waals surface area contributed by atoms with Crippen molar-refractivity contribution in [3.63, 3.8) is 0 Å². The lowest BCUT2D eigenvalue weighted by Gasteiger charge is -2.09. The molecule has 0 radical (unpaired) electrons. The third-order valence-corrected chi connectivity index (χ3v) is 6.46. The zero-order chi connectivity index (χ0) is 23.3. The van der Waals surface area contributed by atoms with E-state index in [0.717, 1.165) is 30.8 Å². The summed E-state index contributed by atoms with van der Waals surface area (Å²) in [6, 6.07) is 30.0. The van der Waals surface area contributed by atoms with Gasteiger partial charge in [0, 0.05) is 40.5 Å². The maximum atomic E-state index is 5.33. The van der Waals surface area contributed by atoms with Crippen molar-refractivity contribution in [1.29, 1.82) is 0 Å². The van der Waals surface area contributed by atoms with E-state index in [4.69, 9.17) is 4.74 Å². The topological polar surface area (TPSA) is 18.0 Å². The largest absolute Gasteiger partial charge is 0.497 e. The summed E-state index contributed by atoms with van der Waals surface area (Å²) in [6.45, 7) is 4.10. The van der Waals surface area contributed by atoms with Crippen LogP contribution in [-0.2, 0) is 13.1 Å². The van der Waals surface area contributed by atoms with Crippen LogP contribution in [0.2, 0.25) is 0 Å². The lowest BCUT2D eigenvalue weighted by molar-refractivity contribution is -0.688. The Hall–Kier alpha value is -3.85. The minimum atomic E-state index is 0.828. The number of aryl methyl sites for hydroxylation is 1. The number of nitrogens with zero attached hydrogens (tertiary/aromatic N) is 2. The molecule has 0 saturated heterocycles. The summed E-state index contributed by atoms with van der Waals surface area (Å²) in [7, 11) is 1.70. The standard InChI is InChI=1S/C31H31N2O/c1-3-4-21-33-29-13-9-8-12-27(29)28-20-22-32(23-25-10-6-5-7-11-25)30(31(28)33)19-16-24-14-17-26(34-2)18-15-24/h5-20,22H,3-4,21,23H2,1-2H3/q+1/b19-16+. The zero-order valence-corrected chi connectivity index (χ0v) is 19.9. The lowest BCUT2D eigenvalue weighted by Crippen LogP contribution is -2.37. The average molecular weight is 448 g/mol. The summed E-state index contributed by atoms with van der Waals surface area (Å²) in [5.74, 6) is 0.873. The Labute approximate surface area is 201 Å². The van der Waals surface area contributed by atoms with Gasteiger partial charge in [-0.25, -0.2) is 0 Å². The van der Waals surface area contributed by atoms with Crippen LogP contribution in [0.15, 0.2) is 91.1 Å². The summed E-state index contributed by atoms with van der Waals surface area (Å²) < 4.78 is 10.2. The summed E-state index contributed by atoms with van der Waals surface area (Å²) >= 11 is 0. The number of benzene rings is 3. The van der Waals surface area contributed by atoms with E-state index in [2.05, 4.69) is 107 Å². The number of methoxy groups -OCH3 is 1. The molecule has 2 aromatic heterocycles. The molecule has 0 saturated carbocycles. The van der Waals surface area contributed by atoms with E-state index in [-0.39, 0.29) is 0 Å². The van der Waals surface area contributed by atoms with E-state index in [1.165, 1.54) is 39.5 Å². The first-order valence-corrected chi connectivity index (χ1v) is 12.1. The van der Waals surface area contributed by atoms with Crippen LogP contribution in [0.25, 0.3) is 34.0 Å². The highest BCUT2D eigenvalue weighted by atomic mass is 16.5. The summed E-state index contributed by atoms with van der Waals surface area (Å²) in [5.41, 5.74) is 6.28.